The van der Waals surface area contributed by atoms with Gasteiger partial charge in [-0.2, -0.15) is 5.26 Å². The van der Waals surface area contributed by atoms with Crippen LogP contribution < -0.4 is 5.32 Å². The van der Waals surface area contributed by atoms with Crippen LogP contribution in [0.15, 0.2) is 0 Å². The first-order chi connectivity index (χ1) is 9.24. The molecule has 0 aromatic rings. The highest BCUT2D eigenvalue weighted by Gasteiger charge is 2.29. The zero-order valence-corrected chi connectivity index (χ0v) is 14.4. The monoisotopic (exact) mass is 283 g/mol. The number of nitrogens with zero attached hydrogens (tertiary/aromatic N) is 2. The summed E-state index contributed by atoms with van der Waals surface area (Å²) in [6.07, 6.45) is 0.818. The molecule has 0 aromatic heterocycles. The lowest BCUT2D eigenvalue weighted by molar-refractivity contribution is 0.103. The van der Waals surface area contributed by atoms with E-state index >= 15 is 0 Å². The molecule has 0 aliphatic carbocycles. The molecule has 2 atom stereocenters. The normalized spacial score (nSPS) is 16.4. The maximum Gasteiger partial charge on any atom is 0.105 e. The minimum absolute atomic E-state index is 0.310. The van der Waals surface area contributed by atoms with Crippen LogP contribution in [-0.4, -0.2) is 49.3 Å². The molecule has 4 nitrogen and oxygen atoms in total. The Hall–Kier alpha value is -0.630. The smallest absolute Gasteiger partial charge is 0.105 e. The Balaban J connectivity index is 4.70. The molecule has 4 heteroatoms. The van der Waals surface area contributed by atoms with E-state index in [-0.39, 0.29) is 0 Å². The van der Waals surface area contributed by atoms with Crippen LogP contribution in [0.2, 0.25) is 0 Å². The van der Waals surface area contributed by atoms with Crippen molar-refractivity contribution >= 4 is 0 Å². The third-order valence-corrected chi connectivity index (χ3v) is 3.36. The second-order valence-corrected chi connectivity index (χ2v) is 6.68. The Morgan fingerprint density at radius 1 is 1.25 bits per heavy atom. The van der Waals surface area contributed by atoms with Gasteiger partial charge in [0.05, 0.1) is 12.7 Å². The van der Waals surface area contributed by atoms with Crippen LogP contribution in [0.4, 0.5) is 0 Å². The number of ether oxygens (including phenoxy) is 1. The van der Waals surface area contributed by atoms with Crippen LogP contribution in [0.5, 0.6) is 0 Å². The van der Waals surface area contributed by atoms with Gasteiger partial charge in [-0.25, -0.2) is 0 Å². The summed E-state index contributed by atoms with van der Waals surface area (Å²) < 4.78 is 5.20. The van der Waals surface area contributed by atoms with E-state index in [1.807, 2.05) is 6.92 Å². The molecule has 0 saturated heterocycles. The first-order valence-electron chi connectivity index (χ1n) is 7.66. The second-order valence-electron chi connectivity index (χ2n) is 6.68. The molecule has 2 unspecified atom stereocenters. The van der Waals surface area contributed by atoms with Crippen molar-refractivity contribution in [1.29, 1.82) is 5.26 Å². The highest BCUT2D eigenvalue weighted by Crippen LogP contribution is 2.17. The van der Waals surface area contributed by atoms with E-state index < -0.39 is 5.54 Å². The van der Waals surface area contributed by atoms with Gasteiger partial charge in [0.1, 0.15) is 5.54 Å². The minimum Gasteiger partial charge on any atom is -0.383 e. The molecule has 1 N–H and O–H groups in total. The topological polar surface area (TPSA) is 48.3 Å². The maximum absolute atomic E-state index is 9.47. The summed E-state index contributed by atoms with van der Waals surface area (Å²) in [5.74, 6) is 0.612. The van der Waals surface area contributed by atoms with E-state index in [9.17, 15) is 5.26 Å². The summed E-state index contributed by atoms with van der Waals surface area (Å²) >= 11 is 0. The van der Waals surface area contributed by atoms with Crippen LogP contribution in [0.3, 0.4) is 0 Å². The summed E-state index contributed by atoms with van der Waals surface area (Å²) in [5, 5.41) is 12.8. The van der Waals surface area contributed by atoms with Crippen molar-refractivity contribution in [1.82, 2.24) is 10.2 Å². The molecule has 0 spiro atoms. The lowest BCUT2D eigenvalue weighted by Crippen LogP contribution is -2.50. The predicted molar refractivity (Wildman–Crippen MR) is 84.7 cm³/mol. The van der Waals surface area contributed by atoms with Crippen molar-refractivity contribution < 1.29 is 4.74 Å². The Bertz CT molecular complexity index is 299. The van der Waals surface area contributed by atoms with Crippen molar-refractivity contribution in [2.75, 3.05) is 26.8 Å². The van der Waals surface area contributed by atoms with Crippen LogP contribution in [0.1, 0.15) is 48.0 Å². The summed E-state index contributed by atoms with van der Waals surface area (Å²) in [7, 11) is 1.73. The second kappa shape index (κ2) is 9.33. The molecule has 0 amide bonds. The minimum atomic E-state index is -0.476. The van der Waals surface area contributed by atoms with Crippen molar-refractivity contribution in [3.63, 3.8) is 0 Å². The zero-order valence-electron chi connectivity index (χ0n) is 14.4. The SMILES string of the molecule is COCCN(CC(C)C)C(C)CC(C)(C#N)NC(C)C. The summed E-state index contributed by atoms with van der Waals surface area (Å²) in [6.45, 7) is 15.5. The fraction of sp³-hybridized carbons (Fsp3) is 0.938. The highest BCUT2D eigenvalue weighted by atomic mass is 16.5. The van der Waals surface area contributed by atoms with Gasteiger partial charge in [0.25, 0.3) is 0 Å². The molecular weight excluding hydrogens is 250 g/mol. The molecule has 0 aliphatic rings. The van der Waals surface area contributed by atoms with Gasteiger partial charge in [-0.1, -0.05) is 13.8 Å². The number of hydrogen-bond acceptors (Lipinski definition) is 4. The zero-order chi connectivity index (χ0) is 15.8. The Morgan fingerprint density at radius 2 is 1.85 bits per heavy atom. The van der Waals surface area contributed by atoms with Gasteiger partial charge in [-0.3, -0.25) is 10.2 Å². The third kappa shape index (κ3) is 7.84. The molecule has 0 radical (unpaired) electrons. The molecule has 0 heterocycles. The predicted octanol–water partition coefficient (Wildman–Crippen LogP) is 2.65. The van der Waals surface area contributed by atoms with Crippen molar-refractivity contribution in [3.05, 3.63) is 0 Å². The lowest BCUT2D eigenvalue weighted by Gasteiger charge is -2.35. The molecule has 0 bridgehead atoms. The number of nitrogens with one attached hydrogen (secondary N) is 1. The molecule has 0 saturated carbocycles. The average Bonchev–Trinajstić information content (AvgIpc) is 2.32. The van der Waals surface area contributed by atoms with Crippen molar-refractivity contribution in [3.8, 4) is 6.07 Å². The van der Waals surface area contributed by atoms with Crippen molar-refractivity contribution in [2.24, 2.45) is 5.92 Å². The standard InChI is InChI=1S/C16H33N3O/c1-13(2)11-19(8-9-20-7)15(5)10-16(6,12-17)18-14(3)4/h13-15,18H,8-11H2,1-7H3. The van der Waals surface area contributed by atoms with Gasteiger partial charge in [0.2, 0.25) is 0 Å². The van der Waals surface area contributed by atoms with Crippen molar-refractivity contribution in [2.45, 2.75) is 65.6 Å². The molecule has 0 rings (SSSR count). The van der Waals surface area contributed by atoms with Gasteiger partial charge >= 0.3 is 0 Å². The lowest BCUT2D eigenvalue weighted by atomic mass is 9.93. The van der Waals surface area contributed by atoms with E-state index in [2.05, 4.69) is 50.9 Å². The van der Waals surface area contributed by atoms with Crippen LogP contribution in [-0.2, 0) is 4.74 Å². The number of hydrogen-bond donors (Lipinski definition) is 1. The van der Waals surface area contributed by atoms with Gasteiger partial charge < -0.3 is 4.74 Å². The van der Waals surface area contributed by atoms with Crippen LogP contribution >= 0.6 is 0 Å². The van der Waals surface area contributed by atoms with E-state index in [0.717, 1.165) is 26.1 Å². The molecule has 0 aromatic carbocycles. The third-order valence-electron chi connectivity index (χ3n) is 3.36. The number of rotatable bonds is 10. The van der Waals surface area contributed by atoms with Gasteiger partial charge in [0.15, 0.2) is 0 Å². The van der Waals surface area contributed by atoms with E-state index in [1.165, 1.54) is 0 Å². The van der Waals surface area contributed by atoms with Gasteiger partial charge in [0, 0.05) is 32.3 Å². The molecular formula is C16H33N3O. The number of methoxy groups -OCH3 is 1. The molecule has 118 valence electrons. The summed E-state index contributed by atoms with van der Waals surface area (Å²) in [6, 6.07) is 3.10. The summed E-state index contributed by atoms with van der Waals surface area (Å²) in [5.41, 5.74) is -0.476. The first-order valence-corrected chi connectivity index (χ1v) is 7.66. The fourth-order valence-corrected chi connectivity index (χ4v) is 2.66. The van der Waals surface area contributed by atoms with Gasteiger partial charge in [-0.05, 0) is 40.0 Å². The largest absolute Gasteiger partial charge is 0.383 e. The average molecular weight is 283 g/mol. The number of nitriles is 1. The van der Waals surface area contributed by atoms with E-state index in [0.29, 0.717) is 18.0 Å². The fourth-order valence-electron chi connectivity index (χ4n) is 2.66. The molecule has 0 fully saturated rings. The van der Waals surface area contributed by atoms with E-state index in [4.69, 9.17) is 4.74 Å². The van der Waals surface area contributed by atoms with Crippen LogP contribution in [0, 0.1) is 17.2 Å². The first kappa shape index (κ1) is 19.4. The maximum atomic E-state index is 9.47. The van der Waals surface area contributed by atoms with Crippen LogP contribution in [0.25, 0.3) is 0 Å². The van der Waals surface area contributed by atoms with Gasteiger partial charge in [-0.15, -0.1) is 0 Å². The van der Waals surface area contributed by atoms with E-state index in [1.54, 1.807) is 7.11 Å². The molecule has 0 aliphatic heterocycles. The Morgan fingerprint density at radius 3 is 2.25 bits per heavy atom. The Kier molecular flexibility index (Phi) is 9.04. The quantitative estimate of drug-likeness (QED) is 0.669. The summed E-state index contributed by atoms with van der Waals surface area (Å²) in [4.78, 5) is 2.42. The molecule has 20 heavy (non-hydrogen) atoms. The Labute approximate surface area is 125 Å². The highest BCUT2D eigenvalue weighted by molar-refractivity contribution is 5.06.